The average Bonchev–Trinajstić information content (AvgIpc) is 2.54. The lowest BCUT2D eigenvalue weighted by Crippen LogP contribution is -2.47. The number of nitrogens with zero attached hydrogens (tertiary/aromatic N) is 2. The van der Waals surface area contributed by atoms with Crippen LogP contribution in [0, 0.1) is 0 Å². The number of fused-ring (bicyclic) bond motifs is 1. The maximum atomic E-state index is 12.5. The van der Waals surface area contributed by atoms with E-state index in [4.69, 9.17) is 0 Å². The van der Waals surface area contributed by atoms with Crippen LogP contribution in [0.1, 0.15) is 0 Å². The average molecular weight is 299 g/mol. The van der Waals surface area contributed by atoms with E-state index in [9.17, 15) is 9.90 Å². The zero-order valence-electron chi connectivity index (χ0n) is 12.7. The summed E-state index contributed by atoms with van der Waals surface area (Å²) in [4.78, 5) is 16.4. The van der Waals surface area contributed by atoms with Gasteiger partial charge in [0, 0.05) is 38.6 Å². The normalized spacial score (nSPS) is 15.9. The summed E-state index contributed by atoms with van der Waals surface area (Å²) in [7, 11) is 1.79. The molecular weight excluding hydrogens is 278 g/mol. The van der Waals surface area contributed by atoms with E-state index in [1.165, 1.54) is 0 Å². The highest BCUT2D eigenvalue weighted by Crippen LogP contribution is 2.29. The lowest BCUT2D eigenvalue weighted by Gasteiger charge is -2.29. The van der Waals surface area contributed by atoms with Crippen LogP contribution in [0.2, 0.25) is 0 Å². The van der Waals surface area contributed by atoms with Gasteiger partial charge in [-0.3, -0.25) is 9.69 Å². The van der Waals surface area contributed by atoms with Gasteiger partial charge in [0.2, 0.25) is 5.91 Å². The maximum absolute atomic E-state index is 12.5. The quantitative estimate of drug-likeness (QED) is 0.900. The molecule has 1 fully saturated rings. The summed E-state index contributed by atoms with van der Waals surface area (Å²) in [5.41, 5.74) is 0.827. The predicted octanol–water partition coefficient (Wildman–Crippen LogP) is 1.41. The van der Waals surface area contributed by atoms with E-state index in [0.717, 1.165) is 42.6 Å². The number of hydrogen-bond acceptors (Lipinski definition) is 4. The highest BCUT2D eigenvalue weighted by atomic mass is 16.3. The molecule has 5 nitrogen and oxygen atoms in total. The lowest BCUT2D eigenvalue weighted by molar-refractivity contribution is -0.119. The molecule has 2 aromatic rings. The Hall–Kier alpha value is -2.11. The Morgan fingerprint density at radius 2 is 2.05 bits per heavy atom. The minimum absolute atomic E-state index is 0.0674. The molecule has 1 heterocycles. The summed E-state index contributed by atoms with van der Waals surface area (Å²) >= 11 is 0. The van der Waals surface area contributed by atoms with Crippen molar-refractivity contribution in [2.75, 3.05) is 44.7 Å². The highest BCUT2D eigenvalue weighted by Gasteiger charge is 2.18. The molecule has 0 aromatic heterocycles. The number of aromatic hydroxyl groups is 1. The number of piperazine rings is 1. The molecule has 0 atom stereocenters. The summed E-state index contributed by atoms with van der Waals surface area (Å²) in [5, 5.41) is 14.9. The molecule has 5 heteroatoms. The molecule has 116 valence electrons. The van der Waals surface area contributed by atoms with Gasteiger partial charge in [0.1, 0.15) is 5.75 Å². The molecule has 0 bridgehead atoms. The zero-order chi connectivity index (χ0) is 15.5. The van der Waals surface area contributed by atoms with Crippen LogP contribution in [0.3, 0.4) is 0 Å². The first-order chi connectivity index (χ1) is 10.6. The van der Waals surface area contributed by atoms with E-state index in [2.05, 4.69) is 10.2 Å². The van der Waals surface area contributed by atoms with Crippen LogP contribution < -0.4 is 10.2 Å². The number of rotatable bonds is 3. The lowest BCUT2D eigenvalue weighted by atomic mass is 10.1. The largest absolute Gasteiger partial charge is 0.508 e. The molecule has 0 radical (unpaired) electrons. The number of phenolic OH excluding ortho intramolecular Hbond substituents is 1. The highest BCUT2D eigenvalue weighted by molar-refractivity contribution is 6.04. The van der Waals surface area contributed by atoms with Crippen LogP contribution in [0.5, 0.6) is 5.75 Å². The standard InChI is InChI=1S/C17H21N3O2/c1-19(17(22)12-20-9-7-18-8-10-20)16-4-2-3-13-5-6-14(21)11-15(13)16/h2-6,11,18,21H,7-10,12H2,1H3. The van der Waals surface area contributed by atoms with Crippen LogP contribution in [0.15, 0.2) is 36.4 Å². The Kier molecular flexibility index (Phi) is 4.27. The second-order valence-electron chi connectivity index (χ2n) is 5.66. The molecule has 3 rings (SSSR count). The summed E-state index contributed by atoms with van der Waals surface area (Å²) in [6, 6.07) is 11.1. The molecule has 22 heavy (non-hydrogen) atoms. The number of carbonyl (C=O) groups is 1. The number of anilines is 1. The van der Waals surface area contributed by atoms with Gasteiger partial charge in [-0.15, -0.1) is 0 Å². The molecule has 0 saturated carbocycles. The molecule has 0 spiro atoms. The Balaban J connectivity index is 1.83. The summed E-state index contributed by atoms with van der Waals surface area (Å²) in [6.45, 7) is 4.08. The third kappa shape index (κ3) is 3.05. The number of nitrogens with one attached hydrogen (secondary N) is 1. The van der Waals surface area contributed by atoms with Crippen molar-refractivity contribution in [1.82, 2.24) is 10.2 Å². The van der Waals surface area contributed by atoms with Gasteiger partial charge in [0.15, 0.2) is 0 Å². The van der Waals surface area contributed by atoms with Gasteiger partial charge in [-0.25, -0.2) is 0 Å². The molecule has 1 aliphatic heterocycles. The van der Waals surface area contributed by atoms with Gasteiger partial charge in [-0.05, 0) is 23.6 Å². The molecule has 1 saturated heterocycles. The van der Waals surface area contributed by atoms with E-state index in [1.54, 1.807) is 24.1 Å². The van der Waals surface area contributed by atoms with E-state index in [0.29, 0.717) is 6.54 Å². The van der Waals surface area contributed by atoms with E-state index < -0.39 is 0 Å². The minimum atomic E-state index is 0.0674. The van der Waals surface area contributed by atoms with Crippen LogP contribution in [0.25, 0.3) is 10.8 Å². The Labute approximate surface area is 130 Å². The van der Waals surface area contributed by atoms with Crippen LogP contribution in [-0.4, -0.2) is 55.7 Å². The minimum Gasteiger partial charge on any atom is -0.508 e. The third-order valence-electron chi connectivity index (χ3n) is 4.15. The van der Waals surface area contributed by atoms with Crippen molar-refractivity contribution in [3.63, 3.8) is 0 Å². The van der Waals surface area contributed by atoms with Gasteiger partial charge >= 0.3 is 0 Å². The molecule has 2 aromatic carbocycles. The van der Waals surface area contributed by atoms with Crippen LogP contribution >= 0.6 is 0 Å². The fourth-order valence-electron chi connectivity index (χ4n) is 2.84. The van der Waals surface area contributed by atoms with Crippen molar-refractivity contribution in [1.29, 1.82) is 0 Å². The monoisotopic (exact) mass is 299 g/mol. The number of hydrogen-bond donors (Lipinski definition) is 2. The molecule has 2 N–H and O–H groups in total. The molecule has 1 aliphatic rings. The van der Waals surface area contributed by atoms with Crippen molar-refractivity contribution in [3.8, 4) is 5.75 Å². The molecular formula is C17H21N3O2. The van der Waals surface area contributed by atoms with Gasteiger partial charge in [0.05, 0.1) is 12.2 Å². The fraction of sp³-hybridized carbons (Fsp3) is 0.353. The maximum Gasteiger partial charge on any atom is 0.240 e. The Morgan fingerprint density at radius 1 is 1.27 bits per heavy atom. The van der Waals surface area contributed by atoms with E-state index >= 15 is 0 Å². The SMILES string of the molecule is CN(C(=O)CN1CCNCC1)c1cccc2ccc(O)cc12. The molecule has 0 unspecified atom stereocenters. The van der Waals surface area contributed by atoms with Gasteiger partial charge in [0.25, 0.3) is 0 Å². The van der Waals surface area contributed by atoms with Crippen LogP contribution in [0.4, 0.5) is 5.69 Å². The van der Waals surface area contributed by atoms with Crippen molar-refractivity contribution in [2.45, 2.75) is 0 Å². The first-order valence-electron chi connectivity index (χ1n) is 7.56. The van der Waals surface area contributed by atoms with E-state index in [1.807, 2.05) is 24.3 Å². The molecule has 0 aliphatic carbocycles. The number of likely N-dealkylation sites (N-methyl/N-ethyl adjacent to an activating group) is 1. The summed E-state index contributed by atoms with van der Waals surface area (Å²) in [6.07, 6.45) is 0. The molecule has 1 amide bonds. The predicted molar refractivity (Wildman–Crippen MR) is 88.3 cm³/mol. The Bertz CT molecular complexity index is 681. The second-order valence-corrected chi connectivity index (χ2v) is 5.66. The fourth-order valence-corrected chi connectivity index (χ4v) is 2.84. The van der Waals surface area contributed by atoms with Crippen molar-refractivity contribution < 1.29 is 9.90 Å². The first kappa shape index (κ1) is 14.8. The zero-order valence-corrected chi connectivity index (χ0v) is 12.7. The Morgan fingerprint density at radius 3 is 2.82 bits per heavy atom. The van der Waals surface area contributed by atoms with Gasteiger partial charge in [-0.2, -0.15) is 0 Å². The second kappa shape index (κ2) is 6.34. The smallest absolute Gasteiger partial charge is 0.240 e. The van der Waals surface area contributed by atoms with Crippen LogP contribution in [-0.2, 0) is 4.79 Å². The topological polar surface area (TPSA) is 55.8 Å². The first-order valence-corrected chi connectivity index (χ1v) is 7.56. The van der Waals surface area contributed by atoms with Gasteiger partial charge < -0.3 is 15.3 Å². The van der Waals surface area contributed by atoms with Gasteiger partial charge in [-0.1, -0.05) is 18.2 Å². The summed E-state index contributed by atoms with van der Waals surface area (Å²) < 4.78 is 0. The third-order valence-corrected chi connectivity index (χ3v) is 4.15. The van der Waals surface area contributed by atoms with E-state index in [-0.39, 0.29) is 11.7 Å². The number of benzene rings is 2. The van der Waals surface area contributed by atoms with Crippen molar-refractivity contribution in [2.24, 2.45) is 0 Å². The summed E-state index contributed by atoms with van der Waals surface area (Å²) in [5.74, 6) is 0.278. The number of amides is 1. The van der Waals surface area contributed by atoms with Crippen molar-refractivity contribution in [3.05, 3.63) is 36.4 Å². The number of phenols is 1. The number of carbonyl (C=O) groups excluding carboxylic acids is 1. The van der Waals surface area contributed by atoms with Crippen molar-refractivity contribution >= 4 is 22.4 Å².